The highest BCUT2D eigenvalue weighted by atomic mass is 16.6. The Kier molecular flexibility index (Phi) is 3.98. The van der Waals surface area contributed by atoms with E-state index in [2.05, 4.69) is 9.88 Å². The van der Waals surface area contributed by atoms with Gasteiger partial charge in [-0.05, 0) is 25.9 Å². The smallest absolute Gasteiger partial charge is 0.394 e. The molecule has 0 unspecified atom stereocenters. The molecule has 1 aliphatic heterocycles. The topological polar surface area (TPSA) is 75.8 Å². The van der Waals surface area contributed by atoms with Crippen molar-refractivity contribution in [2.24, 2.45) is 0 Å². The molecule has 1 N–H and O–H groups in total. The lowest BCUT2D eigenvalue weighted by molar-refractivity contribution is 0.0690. The Bertz CT molecular complexity index is 371. The van der Waals surface area contributed by atoms with Crippen LogP contribution in [0.5, 0.6) is 6.08 Å². The molecule has 0 radical (unpaired) electrons. The van der Waals surface area contributed by atoms with Gasteiger partial charge in [-0.1, -0.05) is 6.42 Å². The van der Waals surface area contributed by atoms with Gasteiger partial charge < -0.3 is 14.3 Å². The van der Waals surface area contributed by atoms with E-state index in [1.807, 2.05) is 0 Å². The molecular formula is C11H16N2O4. The van der Waals surface area contributed by atoms with Crippen molar-refractivity contribution < 1.29 is 19.1 Å². The van der Waals surface area contributed by atoms with Gasteiger partial charge in [0.1, 0.15) is 12.9 Å². The molecule has 2 heterocycles. The minimum atomic E-state index is -1.11. The van der Waals surface area contributed by atoms with Gasteiger partial charge in [0.15, 0.2) is 5.69 Å². The van der Waals surface area contributed by atoms with Gasteiger partial charge in [0, 0.05) is 6.54 Å². The largest absolute Gasteiger partial charge is 0.476 e. The first kappa shape index (κ1) is 11.9. The minimum absolute atomic E-state index is 0.0272. The van der Waals surface area contributed by atoms with Crippen LogP contribution in [0.1, 0.15) is 29.8 Å². The maximum atomic E-state index is 10.5. The first-order valence-corrected chi connectivity index (χ1v) is 5.79. The van der Waals surface area contributed by atoms with Crippen LogP contribution in [0.2, 0.25) is 0 Å². The van der Waals surface area contributed by atoms with E-state index in [9.17, 15) is 4.79 Å². The van der Waals surface area contributed by atoms with Gasteiger partial charge in [-0.3, -0.25) is 4.90 Å². The molecular weight excluding hydrogens is 224 g/mol. The van der Waals surface area contributed by atoms with E-state index >= 15 is 0 Å². The number of aromatic carboxylic acids is 1. The van der Waals surface area contributed by atoms with Crippen LogP contribution in [-0.2, 0) is 0 Å². The van der Waals surface area contributed by atoms with Crippen LogP contribution >= 0.6 is 0 Å². The van der Waals surface area contributed by atoms with Gasteiger partial charge in [-0.15, -0.1) is 0 Å². The highest BCUT2D eigenvalue weighted by molar-refractivity contribution is 5.84. The van der Waals surface area contributed by atoms with E-state index in [1.54, 1.807) is 0 Å². The molecule has 0 atom stereocenters. The van der Waals surface area contributed by atoms with Crippen LogP contribution in [0.3, 0.4) is 0 Å². The van der Waals surface area contributed by atoms with Crippen molar-refractivity contribution in [2.45, 2.75) is 19.3 Å². The van der Waals surface area contributed by atoms with Crippen LogP contribution in [0.4, 0.5) is 0 Å². The summed E-state index contributed by atoms with van der Waals surface area (Å²) in [5.41, 5.74) is -0.127. The Morgan fingerprint density at radius 2 is 2.24 bits per heavy atom. The fraction of sp³-hybridized carbons (Fsp3) is 0.636. The van der Waals surface area contributed by atoms with Crippen molar-refractivity contribution in [2.75, 3.05) is 26.2 Å². The Hall–Kier alpha value is -1.56. The van der Waals surface area contributed by atoms with Crippen molar-refractivity contribution in [3.8, 4) is 6.08 Å². The summed E-state index contributed by atoms with van der Waals surface area (Å²) in [5.74, 6) is -1.11. The quantitative estimate of drug-likeness (QED) is 0.834. The molecule has 0 bridgehead atoms. The van der Waals surface area contributed by atoms with Crippen LogP contribution in [0.25, 0.3) is 0 Å². The molecule has 6 heteroatoms. The molecule has 94 valence electrons. The Balaban J connectivity index is 1.71. The van der Waals surface area contributed by atoms with Crippen molar-refractivity contribution in [1.82, 2.24) is 9.88 Å². The summed E-state index contributed by atoms with van der Waals surface area (Å²) in [6.07, 6.45) is 4.89. The number of carboxylic acids is 1. The van der Waals surface area contributed by atoms with Crippen LogP contribution in [0.15, 0.2) is 10.7 Å². The van der Waals surface area contributed by atoms with E-state index in [-0.39, 0.29) is 11.8 Å². The van der Waals surface area contributed by atoms with E-state index in [1.165, 1.54) is 19.3 Å². The SMILES string of the molecule is O=C(O)c1coc(OCCN2CCCCC2)n1. The summed E-state index contributed by atoms with van der Waals surface area (Å²) >= 11 is 0. The maximum absolute atomic E-state index is 10.5. The number of nitrogens with zero attached hydrogens (tertiary/aromatic N) is 2. The number of rotatable bonds is 5. The summed E-state index contributed by atoms with van der Waals surface area (Å²) in [6, 6.07) is 0. The standard InChI is InChI=1S/C11H16N2O4/c14-10(15)9-8-17-11(12-9)16-7-6-13-4-2-1-3-5-13/h8H,1-7H2,(H,14,15). The zero-order valence-corrected chi connectivity index (χ0v) is 9.59. The highest BCUT2D eigenvalue weighted by Gasteiger charge is 2.13. The van der Waals surface area contributed by atoms with Gasteiger partial charge >= 0.3 is 12.0 Å². The Morgan fingerprint density at radius 1 is 1.47 bits per heavy atom. The van der Waals surface area contributed by atoms with E-state index in [0.29, 0.717) is 6.61 Å². The van der Waals surface area contributed by atoms with E-state index in [4.69, 9.17) is 14.3 Å². The zero-order valence-electron chi connectivity index (χ0n) is 9.59. The van der Waals surface area contributed by atoms with Crippen molar-refractivity contribution >= 4 is 5.97 Å². The molecule has 0 amide bonds. The van der Waals surface area contributed by atoms with E-state index in [0.717, 1.165) is 25.9 Å². The van der Waals surface area contributed by atoms with Gasteiger partial charge in [0.25, 0.3) is 0 Å². The molecule has 1 aromatic heterocycles. The fourth-order valence-corrected chi connectivity index (χ4v) is 1.87. The van der Waals surface area contributed by atoms with Crippen LogP contribution in [-0.4, -0.2) is 47.2 Å². The molecule has 2 rings (SSSR count). The third-order valence-corrected chi connectivity index (χ3v) is 2.78. The average Bonchev–Trinajstić information content (AvgIpc) is 2.79. The second-order valence-electron chi connectivity index (χ2n) is 4.05. The molecule has 0 aromatic carbocycles. The normalized spacial score (nSPS) is 16.9. The van der Waals surface area contributed by atoms with Crippen molar-refractivity contribution in [3.05, 3.63) is 12.0 Å². The fourth-order valence-electron chi connectivity index (χ4n) is 1.87. The summed E-state index contributed by atoms with van der Waals surface area (Å²) in [5, 5.41) is 8.64. The third kappa shape index (κ3) is 3.45. The number of carbonyl (C=O) groups is 1. The van der Waals surface area contributed by atoms with Gasteiger partial charge in [0.2, 0.25) is 0 Å². The molecule has 17 heavy (non-hydrogen) atoms. The Morgan fingerprint density at radius 3 is 2.88 bits per heavy atom. The Labute approximate surface area is 99.2 Å². The van der Waals surface area contributed by atoms with Gasteiger partial charge in [-0.25, -0.2) is 4.79 Å². The molecule has 0 saturated carbocycles. The number of carboxylic acid groups (broad SMARTS) is 1. The highest BCUT2D eigenvalue weighted by Crippen LogP contribution is 2.11. The lowest BCUT2D eigenvalue weighted by Crippen LogP contribution is -2.33. The number of piperidine rings is 1. The number of aromatic nitrogens is 1. The number of oxazole rings is 1. The summed E-state index contributed by atoms with van der Waals surface area (Å²) in [7, 11) is 0. The summed E-state index contributed by atoms with van der Waals surface area (Å²) in [6.45, 7) is 3.51. The van der Waals surface area contributed by atoms with Gasteiger partial charge in [0.05, 0.1) is 0 Å². The first-order valence-electron chi connectivity index (χ1n) is 5.79. The summed E-state index contributed by atoms with van der Waals surface area (Å²) in [4.78, 5) is 16.6. The van der Waals surface area contributed by atoms with Crippen molar-refractivity contribution in [1.29, 1.82) is 0 Å². The molecule has 0 spiro atoms. The predicted molar refractivity (Wildman–Crippen MR) is 59.2 cm³/mol. The molecule has 0 aliphatic carbocycles. The molecule has 1 aromatic rings. The van der Waals surface area contributed by atoms with Crippen LogP contribution in [0, 0.1) is 0 Å². The number of likely N-dealkylation sites (tertiary alicyclic amines) is 1. The maximum Gasteiger partial charge on any atom is 0.394 e. The lowest BCUT2D eigenvalue weighted by Gasteiger charge is -2.25. The molecule has 1 aliphatic rings. The minimum Gasteiger partial charge on any atom is -0.476 e. The summed E-state index contributed by atoms with van der Waals surface area (Å²) < 4.78 is 10.1. The van der Waals surface area contributed by atoms with E-state index < -0.39 is 5.97 Å². The number of hydrogen-bond donors (Lipinski definition) is 1. The van der Waals surface area contributed by atoms with Crippen molar-refractivity contribution in [3.63, 3.8) is 0 Å². The predicted octanol–water partition coefficient (Wildman–Crippen LogP) is 1.24. The second-order valence-corrected chi connectivity index (χ2v) is 4.05. The molecule has 1 fully saturated rings. The molecule has 1 saturated heterocycles. The van der Waals surface area contributed by atoms with Gasteiger partial charge in [-0.2, -0.15) is 4.98 Å². The molecule has 6 nitrogen and oxygen atoms in total. The lowest BCUT2D eigenvalue weighted by atomic mass is 10.1. The second kappa shape index (κ2) is 5.67. The first-order chi connectivity index (χ1) is 8.25. The monoisotopic (exact) mass is 240 g/mol. The number of ether oxygens (including phenoxy) is 1. The third-order valence-electron chi connectivity index (χ3n) is 2.78. The number of hydrogen-bond acceptors (Lipinski definition) is 5. The zero-order chi connectivity index (χ0) is 12.1. The van der Waals surface area contributed by atoms with Crippen LogP contribution < -0.4 is 4.74 Å². The average molecular weight is 240 g/mol.